The van der Waals surface area contributed by atoms with Crippen molar-refractivity contribution < 1.29 is 4.74 Å². The van der Waals surface area contributed by atoms with Gasteiger partial charge < -0.3 is 4.74 Å². The van der Waals surface area contributed by atoms with E-state index in [1.165, 1.54) is 5.56 Å². The Morgan fingerprint density at radius 1 is 1.35 bits per heavy atom. The summed E-state index contributed by atoms with van der Waals surface area (Å²) in [7, 11) is 1.66. The zero-order valence-corrected chi connectivity index (χ0v) is 13.0. The molecule has 2 aromatic rings. The number of halogens is 2. The third kappa shape index (κ3) is 2.19. The number of ether oxygens (including phenoxy) is 1. The van der Waals surface area contributed by atoms with E-state index in [2.05, 4.69) is 18.2 Å². The minimum atomic E-state index is 0.292. The van der Waals surface area contributed by atoms with Gasteiger partial charge in [-0.25, -0.2) is 0 Å². The molecule has 1 aromatic carbocycles. The molecule has 0 fully saturated rings. The lowest BCUT2D eigenvalue weighted by atomic mass is 9.95. The van der Waals surface area contributed by atoms with Crippen LogP contribution in [0.3, 0.4) is 0 Å². The van der Waals surface area contributed by atoms with Crippen molar-refractivity contribution in [1.29, 1.82) is 0 Å². The van der Waals surface area contributed by atoms with Crippen LogP contribution in [-0.2, 0) is 19.4 Å². The van der Waals surface area contributed by atoms with E-state index in [0.29, 0.717) is 16.0 Å². The molecule has 0 bridgehead atoms. The minimum Gasteiger partial charge on any atom is -0.496 e. The van der Waals surface area contributed by atoms with Crippen LogP contribution in [0.4, 0.5) is 0 Å². The highest BCUT2D eigenvalue weighted by atomic mass is 35.5. The summed E-state index contributed by atoms with van der Waals surface area (Å²) >= 11 is 12.5. The number of hydrogen-bond donors (Lipinski definition) is 0. The van der Waals surface area contributed by atoms with Gasteiger partial charge in [0.05, 0.1) is 22.8 Å². The van der Waals surface area contributed by atoms with E-state index in [-0.39, 0.29) is 0 Å². The van der Waals surface area contributed by atoms with Crippen LogP contribution in [-0.4, -0.2) is 16.9 Å². The molecule has 0 aliphatic heterocycles. The summed E-state index contributed by atoms with van der Waals surface area (Å²) in [5, 5.41) is 5.77. The van der Waals surface area contributed by atoms with Gasteiger partial charge in [0.25, 0.3) is 0 Å². The van der Waals surface area contributed by atoms with Crippen molar-refractivity contribution in [2.75, 3.05) is 7.11 Å². The van der Waals surface area contributed by atoms with Gasteiger partial charge in [0.15, 0.2) is 0 Å². The Hall–Kier alpha value is -1.19. The second-order valence-electron chi connectivity index (χ2n) is 5.04. The lowest BCUT2D eigenvalue weighted by Crippen LogP contribution is -2.05. The molecule has 0 spiro atoms. The highest BCUT2D eigenvalue weighted by Crippen LogP contribution is 2.43. The summed E-state index contributed by atoms with van der Waals surface area (Å²) in [5.41, 5.74) is 3.47. The zero-order valence-electron chi connectivity index (χ0n) is 11.5. The number of nitrogens with zero attached hydrogens (tertiary/aromatic N) is 2. The fraction of sp³-hybridized carbons (Fsp3) is 0.400. The molecule has 1 aliphatic carbocycles. The van der Waals surface area contributed by atoms with Crippen LogP contribution >= 0.6 is 23.2 Å². The first-order chi connectivity index (χ1) is 9.63. The molecule has 106 valence electrons. The summed E-state index contributed by atoms with van der Waals surface area (Å²) in [6.07, 6.45) is 3.95. The summed E-state index contributed by atoms with van der Waals surface area (Å²) in [6, 6.07) is 3.66. The largest absolute Gasteiger partial charge is 0.496 e. The lowest BCUT2D eigenvalue weighted by molar-refractivity contribution is 0.405. The van der Waals surface area contributed by atoms with Gasteiger partial charge >= 0.3 is 0 Å². The Morgan fingerprint density at radius 2 is 2.15 bits per heavy atom. The highest BCUT2D eigenvalue weighted by molar-refractivity contribution is 6.42. The molecule has 0 radical (unpaired) electrons. The first-order valence-electron chi connectivity index (χ1n) is 6.71. The molecular formula is C15H16Cl2N2O. The van der Waals surface area contributed by atoms with Gasteiger partial charge in [-0.1, -0.05) is 23.2 Å². The molecule has 1 heterocycles. The first-order valence-corrected chi connectivity index (χ1v) is 7.46. The van der Waals surface area contributed by atoms with Gasteiger partial charge in [0.1, 0.15) is 5.75 Å². The first kappa shape index (κ1) is 13.8. The standard InChI is InChI=1S/C15H16Cl2N2O/c1-3-19-8-10-6-9(7-12(10)18-19)14-13(20-2)5-4-11(16)15(14)17/h4-5,8-9H,3,6-7H2,1-2H3. The average Bonchev–Trinajstić information content (AvgIpc) is 2.99. The van der Waals surface area contributed by atoms with Crippen molar-refractivity contribution in [2.45, 2.75) is 32.2 Å². The third-order valence-corrected chi connectivity index (χ3v) is 4.69. The second kappa shape index (κ2) is 5.30. The van der Waals surface area contributed by atoms with Crippen molar-refractivity contribution in [2.24, 2.45) is 0 Å². The SMILES string of the molecule is CCn1cc2c(n1)CC(c1c(OC)ccc(Cl)c1Cl)C2. The molecule has 3 rings (SSSR count). The number of aromatic nitrogens is 2. The monoisotopic (exact) mass is 310 g/mol. The minimum absolute atomic E-state index is 0.292. The van der Waals surface area contributed by atoms with Crippen molar-refractivity contribution in [3.8, 4) is 5.75 Å². The summed E-state index contributed by atoms with van der Waals surface area (Å²) in [4.78, 5) is 0. The molecule has 1 unspecified atom stereocenters. The maximum absolute atomic E-state index is 6.39. The zero-order chi connectivity index (χ0) is 14.3. The Balaban J connectivity index is 1.96. The van der Waals surface area contributed by atoms with Gasteiger partial charge in [-0.3, -0.25) is 4.68 Å². The van der Waals surface area contributed by atoms with Crippen LogP contribution in [0.1, 0.15) is 29.7 Å². The topological polar surface area (TPSA) is 27.1 Å². The Labute approximate surface area is 128 Å². The van der Waals surface area contributed by atoms with Crippen LogP contribution in [0.2, 0.25) is 10.0 Å². The third-order valence-electron chi connectivity index (χ3n) is 3.88. The molecule has 20 heavy (non-hydrogen) atoms. The molecule has 0 saturated heterocycles. The van der Waals surface area contributed by atoms with Crippen molar-refractivity contribution in [1.82, 2.24) is 9.78 Å². The number of aryl methyl sites for hydroxylation is 1. The molecule has 1 aromatic heterocycles. The van der Waals surface area contributed by atoms with E-state index in [9.17, 15) is 0 Å². The smallest absolute Gasteiger partial charge is 0.123 e. The lowest BCUT2D eigenvalue weighted by Gasteiger charge is -2.17. The van der Waals surface area contributed by atoms with Crippen LogP contribution in [0.15, 0.2) is 18.3 Å². The summed E-state index contributed by atoms with van der Waals surface area (Å²) in [6.45, 7) is 3.00. The molecule has 0 N–H and O–H groups in total. The molecule has 0 saturated carbocycles. The van der Waals surface area contributed by atoms with Crippen LogP contribution in [0.5, 0.6) is 5.75 Å². The van der Waals surface area contributed by atoms with Crippen LogP contribution in [0.25, 0.3) is 0 Å². The molecule has 5 heteroatoms. The number of hydrogen-bond acceptors (Lipinski definition) is 2. The fourth-order valence-corrected chi connectivity index (χ4v) is 3.36. The maximum Gasteiger partial charge on any atom is 0.123 e. The fourth-order valence-electron chi connectivity index (χ4n) is 2.89. The number of rotatable bonds is 3. The van der Waals surface area contributed by atoms with E-state index >= 15 is 0 Å². The van der Waals surface area contributed by atoms with Gasteiger partial charge in [-0.2, -0.15) is 5.10 Å². The van der Waals surface area contributed by atoms with E-state index in [1.807, 2.05) is 10.7 Å². The Morgan fingerprint density at radius 3 is 2.80 bits per heavy atom. The predicted molar refractivity (Wildman–Crippen MR) is 81.1 cm³/mol. The normalized spacial score (nSPS) is 17.3. The van der Waals surface area contributed by atoms with Crippen molar-refractivity contribution in [3.63, 3.8) is 0 Å². The van der Waals surface area contributed by atoms with Gasteiger partial charge in [-0.15, -0.1) is 0 Å². The molecule has 1 atom stereocenters. The molecule has 3 nitrogen and oxygen atoms in total. The average molecular weight is 311 g/mol. The predicted octanol–water partition coefficient (Wildman–Crippen LogP) is 4.10. The van der Waals surface area contributed by atoms with Gasteiger partial charge in [-0.05, 0) is 43.4 Å². The Bertz CT molecular complexity index is 628. The number of benzene rings is 1. The van der Waals surface area contributed by atoms with E-state index in [4.69, 9.17) is 27.9 Å². The maximum atomic E-state index is 6.39. The molecular weight excluding hydrogens is 295 g/mol. The van der Waals surface area contributed by atoms with Crippen molar-refractivity contribution >= 4 is 23.2 Å². The second-order valence-corrected chi connectivity index (χ2v) is 5.82. The van der Waals surface area contributed by atoms with Crippen molar-refractivity contribution in [3.05, 3.63) is 45.2 Å². The highest BCUT2D eigenvalue weighted by Gasteiger charge is 2.30. The number of methoxy groups -OCH3 is 1. The summed E-state index contributed by atoms with van der Waals surface area (Å²) in [5.74, 6) is 1.10. The van der Waals surface area contributed by atoms with E-state index in [1.54, 1.807) is 13.2 Å². The van der Waals surface area contributed by atoms with E-state index in [0.717, 1.165) is 36.4 Å². The quantitative estimate of drug-likeness (QED) is 0.853. The van der Waals surface area contributed by atoms with Gasteiger partial charge in [0.2, 0.25) is 0 Å². The molecule has 1 aliphatic rings. The molecule has 0 amide bonds. The summed E-state index contributed by atoms with van der Waals surface area (Å²) < 4.78 is 7.43. The van der Waals surface area contributed by atoms with Crippen LogP contribution in [0, 0.1) is 0 Å². The van der Waals surface area contributed by atoms with E-state index < -0.39 is 0 Å². The van der Waals surface area contributed by atoms with Crippen LogP contribution < -0.4 is 4.74 Å². The number of fused-ring (bicyclic) bond motifs is 1. The Kier molecular flexibility index (Phi) is 3.65. The van der Waals surface area contributed by atoms with Gasteiger partial charge in [0, 0.05) is 18.3 Å².